The first kappa shape index (κ1) is 14.4. The molecule has 0 fully saturated rings. The van der Waals surface area contributed by atoms with Crippen LogP contribution in [-0.4, -0.2) is 27.0 Å². The lowest BCUT2D eigenvalue weighted by atomic mass is 10.2. The molecule has 0 bridgehead atoms. The van der Waals surface area contributed by atoms with Crippen LogP contribution in [0.15, 0.2) is 39.9 Å². The third kappa shape index (κ3) is 3.07. The zero-order valence-electron chi connectivity index (χ0n) is 11.9. The van der Waals surface area contributed by atoms with Gasteiger partial charge in [-0.15, -0.1) is 0 Å². The quantitative estimate of drug-likeness (QED) is 0.433. The number of nitro groups is 1. The van der Waals surface area contributed by atoms with Crippen LogP contribution >= 0.6 is 0 Å². The number of aryl methyl sites for hydroxylation is 1. The van der Waals surface area contributed by atoms with Gasteiger partial charge < -0.3 is 9.40 Å². The Balaban J connectivity index is 1.69. The fraction of sp³-hybridized carbons (Fsp3) is 0.0714. The molecule has 3 rings (SSSR count). The van der Waals surface area contributed by atoms with Gasteiger partial charge in [-0.3, -0.25) is 14.9 Å². The summed E-state index contributed by atoms with van der Waals surface area (Å²) in [6, 6.07) is 7.61. The highest BCUT2D eigenvalue weighted by Gasteiger charge is 2.11. The lowest BCUT2D eigenvalue weighted by Gasteiger charge is -1.99. The van der Waals surface area contributed by atoms with Gasteiger partial charge in [0.15, 0.2) is 5.76 Å². The zero-order chi connectivity index (χ0) is 16.4. The molecule has 23 heavy (non-hydrogen) atoms. The molecule has 3 aromatic rings. The fourth-order valence-electron chi connectivity index (χ4n) is 2.01. The maximum Gasteiger partial charge on any atom is 0.433 e. The largest absolute Gasteiger partial charge is 0.433 e. The first-order chi connectivity index (χ1) is 11.0. The second-order valence-corrected chi connectivity index (χ2v) is 4.69. The molecule has 1 amide bonds. The predicted octanol–water partition coefficient (Wildman–Crippen LogP) is 2.14. The van der Waals surface area contributed by atoms with E-state index in [0.717, 1.165) is 16.9 Å². The lowest BCUT2D eigenvalue weighted by molar-refractivity contribution is -0.402. The van der Waals surface area contributed by atoms with Crippen molar-refractivity contribution in [3.8, 4) is 0 Å². The third-order valence-corrected chi connectivity index (χ3v) is 3.01. The Morgan fingerprint density at radius 1 is 1.43 bits per heavy atom. The Kier molecular flexibility index (Phi) is 3.59. The molecule has 9 heteroatoms. The standard InChI is InChI=1S/C14H11N5O4/c1-8-16-11-4-2-9(6-12(11)17-8)14(20)18-15-7-10-3-5-13(23-10)19(21)22/h2-7H,1H3,(H,16,17)(H,18,20)/b15-7+. The van der Waals surface area contributed by atoms with Crippen molar-refractivity contribution in [1.29, 1.82) is 0 Å². The number of fused-ring (bicyclic) bond motifs is 1. The molecule has 9 nitrogen and oxygen atoms in total. The van der Waals surface area contributed by atoms with E-state index >= 15 is 0 Å². The molecule has 116 valence electrons. The van der Waals surface area contributed by atoms with Crippen molar-refractivity contribution >= 4 is 29.0 Å². The summed E-state index contributed by atoms with van der Waals surface area (Å²) >= 11 is 0. The van der Waals surface area contributed by atoms with Crippen LogP contribution in [0.2, 0.25) is 0 Å². The van der Waals surface area contributed by atoms with Gasteiger partial charge in [0.2, 0.25) is 0 Å². The van der Waals surface area contributed by atoms with E-state index < -0.39 is 16.7 Å². The number of benzene rings is 1. The van der Waals surface area contributed by atoms with Crippen LogP contribution in [0.1, 0.15) is 21.9 Å². The number of nitrogens with zero attached hydrogens (tertiary/aromatic N) is 3. The normalized spacial score (nSPS) is 11.2. The molecule has 0 spiro atoms. The van der Waals surface area contributed by atoms with Gasteiger partial charge in [-0.2, -0.15) is 5.10 Å². The number of aromatic amines is 1. The van der Waals surface area contributed by atoms with E-state index in [4.69, 9.17) is 4.42 Å². The summed E-state index contributed by atoms with van der Waals surface area (Å²) in [5.74, 6) is 0.112. The molecule has 0 radical (unpaired) electrons. The number of carbonyl (C=O) groups is 1. The predicted molar refractivity (Wildman–Crippen MR) is 81.3 cm³/mol. The van der Waals surface area contributed by atoms with Crippen molar-refractivity contribution in [3.63, 3.8) is 0 Å². The molecular weight excluding hydrogens is 302 g/mol. The minimum absolute atomic E-state index is 0.164. The van der Waals surface area contributed by atoms with E-state index in [1.54, 1.807) is 18.2 Å². The van der Waals surface area contributed by atoms with E-state index in [1.165, 1.54) is 18.3 Å². The second-order valence-electron chi connectivity index (χ2n) is 4.69. The Morgan fingerprint density at radius 3 is 3.00 bits per heavy atom. The summed E-state index contributed by atoms with van der Waals surface area (Å²) in [4.78, 5) is 29.1. The van der Waals surface area contributed by atoms with Gasteiger partial charge in [-0.1, -0.05) is 0 Å². The Morgan fingerprint density at radius 2 is 2.26 bits per heavy atom. The number of rotatable bonds is 4. The molecule has 0 aliphatic heterocycles. The van der Waals surface area contributed by atoms with Crippen molar-refractivity contribution in [2.75, 3.05) is 0 Å². The highest BCUT2D eigenvalue weighted by atomic mass is 16.6. The summed E-state index contributed by atoms with van der Waals surface area (Å²) in [5.41, 5.74) is 4.25. The van der Waals surface area contributed by atoms with Gasteiger partial charge >= 0.3 is 5.88 Å². The molecule has 1 aromatic carbocycles. The van der Waals surface area contributed by atoms with Gasteiger partial charge in [0.05, 0.1) is 23.3 Å². The number of nitrogens with one attached hydrogen (secondary N) is 2. The lowest BCUT2D eigenvalue weighted by Crippen LogP contribution is -2.17. The van der Waals surface area contributed by atoms with Gasteiger partial charge in [0, 0.05) is 5.56 Å². The summed E-state index contributed by atoms with van der Waals surface area (Å²) in [5, 5.41) is 14.2. The summed E-state index contributed by atoms with van der Waals surface area (Å²) in [6.45, 7) is 1.83. The van der Waals surface area contributed by atoms with Crippen LogP contribution in [0.25, 0.3) is 11.0 Å². The third-order valence-electron chi connectivity index (χ3n) is 3.01. The number of aromatic nitrogens is 2. The Bertz CT molecular complexity index is 924. The highest BCUT2D eigenvalue weighted by Crippen LogP contribution is 2.14. The first-order valence-electron chi connectivity index (χ1n) is 6.57. The van der Waals surface area contributed by atoms with Crippen LogP contribution in [0.3, 0.4) is 0 Å². The van der Waals surface area contributed by atoms with Crippen molar-refractivity contribution in [3.05, 3.63) is 57.6 Å². The molecule has 0 aliphatic carbocycles. The molecule has 0 saturated carbocycles. The van der Waals surface area contributed by atoms with Gasteiger partial charge in [-0.05, 0) is 31.2 Å². The first-order valence-corrected chi connectivity index (χ1v) is 6.57. The average Bonchev–Trinajstić information content (AvgIpc) is 3.11. The second kappa shape index (κ2) is 5.72. The van der Waals surface area contributed by atoms with Crippen LogP contribution in [0.5, 0.6) is 0 Å². The summed E-state index contributed by atoms with van der Waals surface area (Å²) in [6.07, 6.45) is 1.18. The Labute approximate surface area is 129 Å². The minimum atomic E-state index is -0.655. The monoisotopic (exact) mass is 313 g/mol. The molecule has 0 unspecified atom stereocenters. The van der Waals surface area contributed by atoms with Crippen molar-refractivity contribution in [1.82, 2.24) is 15.4 Å². The number of furan rings is 1. The maximum absolute atomic E-state index is 12.0. The van der Waals surface area contributed by atoms with Gasteiger partial charge in [-0.25, -0.2) is 10.4 Å². The molecule has 2 heterocycles. The van der Waals surface area contributed by atoms with Crippen molar-refractivity contribution in [2.45, 2.75) is 6.92 Å². The van der Waals surface area contributed by atoms with Gasteiger partial charge in [0.1, 0.15) is 10.7 Å². The number of carbonyl (C=O) groups excluding carboxylic acids is 1. The van der Waals surface area contributed by atoms with E-state index in [1.807, 2.05) is 6.92 Å². The van der Waals surface area contributed by atoms with E-state index in [2.05, 4.69) is 20.5 Å². The summed E-state index contributed by atoms with van der Waals surface area (Å²) in [7, 11) is 0. The Hall–Kier alpha value is -3.49. The topological polar surface area (TPSA) is 126 Å². The molecule has 0 saturated heterocycles. The van der Waals surface area contributed by atoms with Crippen LogP contribution in [-0.2, 0) is 0 Å². The van der Waals surface area contributed by atoms with Crippen molar-refractivity contribution in [2.24, 2.45) is 5.10 Å². The average molecular weight is 313 g/mol. The smallest absolute Gasteiger partial charge is 0.400 e. The van der Waals surface area contributed by atoms with Gasteiger partial charge in [0.25, 0.3) is 5.91 Å². The van der Waals surface area contributed by atoms with Crippen LogP contribution < -0.4 is 5.43 Å². The van der Waals surface area contributed by atoms with E-state index in [0.29, 0.717) is 5.56 Å². The number of imidazole rings is 1. The van der Waals surface area contributed by atoms with E-state index in [-0.39, 0.29) is 5.76 Å². The maximum atomic E-state index is 12.0. The number of amides is 1. The molecular formula is C14H11N5O4. The zero-order valence-corrected chi connectivity index (χ0v) is 11.9. The number of hydrazone groups is 1. The number of hydrogen-bond acceptors (Lipinski definition) is 6. The van der Waals surface area contributed by atoms with Crippen LogP contribution in [0, 0.1) is 17.0 Å². The molecule has 0 atom stereocenters. The van der Waals surface area contributed by atoms with E-state index in [9.17, 15) is 14.9 Å². The fourth-order valence-corrected chi connectivity index (χ4v) is 2.01. The van der Waals surface area contributed by atoms with Crippen molar-refractivity contribution < 1.29 is 14.1 Å². The molecule has 0 aliphatic rings. The minimum Gasteiger partial charge on any atom is -0.400 e. The number of hydrogen-bond donors (Lipinski definition) is 2. The van der Waals surface area contributed by atoms with Crippen LogP contribution in [0.4, 0.5) is 5.88 Å². The molecule has 2 N–H and O–H groups in total. The summed E-state index contributed by atoms with van der Waals surface area (Å²) < 4.78 is 4.88. The molecule has 2 aromatic heterocycles. The highest BCUT2D eigenvalue weighted by molar-refractivity contribution is 5.97. The number of H-pyrrole nitrogens is 1. The SMILES string of the molecule is Cc1nc2ccc(C(=O)N/N=C/c3ccc([N+](=O)[O-])o3)cc2[nH]1.